The van der Waals surface area contributed by atoms with Crippen molar-refractivity contribution in [1.29, 1.82) is 0 Å². The Hall–Kier alpha value is -0.940. The molecule has 0 bridgehead atoms. The van der Waals surface area contributed by atoms with Gasteiger partial charge in [-0.1, -0.05) is 39.8 Å². The molecule has 0 saturated carbocycles. The minimum Gasteiger partial charge on any atom is -0.370 e. The van der Waals surface area contributed by atoms with Gasteiger partial charge in [0.2, 0.25) is 11.7 Å². The Labute approximate surface area is 128 Å². The van der Waals surface area contributed by atoms with Crippen molar-refractivity contribution in [1.82, 2.24) is 15.5 Å². The molecule has 1 aromatic heterocycles. The molecule has 122 valence electrons. The van der Waals surface area contributed by atoms with Gasteiger partial charge in [0, 0.05) is 19.1 Å². The molecule has 21 heavy (non-hydrogen) atoms. The fourth-order valence-electron chi connectivity index (χ4n) is 2.26. The number of rotatable bonds is 9. The minimum atomic E-state index is -0.135. The molecule has 0 amide bonds. The van der Waals surface area contributed by atoms with Crippen molar-refractivity contribution in [2.75, 3.05) is 13.2 Å². The maximum absolute atomic E-state index is 5.80. The van der Waals surface area contributed by atoms with E-state index in [1.54, 1.807) is 0 Å². The van der Waals surface area contributed by atoms with Gasteiger partial charge in [-0.25, -0.2) is 0 Å². The maximum Gasteiger partial charge on any atom is 0.228 e. The number of ether oxygens (including phenoxy) is 1. The van der Waals surface area contributed by atoms with Crippen LogP contribution in [0.25, 0.3) is 0 Å². The van der Waals surface area contributed by atoms with Crippen molar-refractivity contribution in [3.63, 3.8) is 0 Å². The molecular weight excluding hydrogens is 266 g/mol. The lowest BCUT2D eigenvalue weighted by molar-refractivity contribution is -0.0203. The third kappa shape index (κ3) is 5.75. The van der Waals surface area contributed by atoms with Crippen LogP contribution < -0.4 is 5.32 Å². The van der Waals surface area contributed by atoms with Crippen molar-refractivity contribution in [2.45, 2.75) is 73.0 Å². The Kier molecular flexibility index (Phi) is 7.32. The standard InChI is InChI=1S/C16H31N3O2/c1-7-10-17-12(8-2)11-13-18-15(19-21-13)14(20-9-3)16(4,5)6/h12,14,17H,7-11H2,1-6H3. The van der Waals surface area contributed by atoms with Gasteiger partial charge in [0.05, 0.1) is 0 Å². The average molecular weight is 297 g/mol. The summed E-state index contributed by atoms with van der Waals surface area (Å²) in [5.74, 6) is 1.35. The third-order valence-corrected chi connectivity index (χ3v) is 3.44. The quantitative estimate of drug-likeness (QED) is 0.755. The third-order valence-electron chi connectivity index (χ3n) is 3.44. The molecule has 1 N–H and O–H groups in total. The molecule has 0 spiro atoms. The van der Waals surface area contributed by atoms with Crippen molar-refractivity contribution < 1.29 is 9.26 Å². The van der Waals surface area contributed by atoms with Crippen LogP contribution in [0.4, 0.5) is 0 Å². The summed E-state index contributed by atoms with van der Waals surface area (Å²) in [5.41, 5.74) is -0.0538. The zero-order valence-corrected chi connectivity index (χ0v) is 14.4. The van der Waals surface area contributed by atoms with E-state index >= 15 is 0 Å². The van der Waals surface area contributed by atoms with E-state index in [1.807, 2.05) is 6.92 Å². The van der Waals surface area contributed by atoms with Crippen molar-refractivity contribution in [3.8, 4) is 0 Å². The summed E-state index contributed by atoms with van der Waals surface area (Å²) in [6.07, 6.45) is 2.81. The van der Waals surface area contributed by atoms with E-state index in [-0.39, 0.29) is 11.5 Å². The second kappa shape index (κ2) is 8.49. The van der Waals surface area contributed by atoms with Crippen LogP contribution in [0.15, 0.2) is 4.52 Å². The SMILES string of the molecule is CCCNC(CC)Cc1nc(C(OCC)C(C)(C)C)no1. The van der Waals surface area contributed by atoms with Gasteiger partial charge in [0.15, 0.2) is 0 Å². The highest BCUT2D eigenvalue weighted by Crippen LogP contribution is 2.34. The molecule has 1 heterocycles. The van der Waals surface area contributed by atoms with Gasteiger partial charge in [-0.15, -0.1) is 0 Å². The predicted molar refractivity (Wildman–Crippen MR) is 84.2 cm³/mol. The summed E-state index contributed by atoms with van der Waals surface area (Å²) in [6, 6.07) is 0.387. The second-order valence-corrected chi connectivity index (χ2v) is 6.51. The molecule has 1 rings (SSSR count). The summed E-state index contributed by atoms with van der Waals surface area (Å²) in [7, 11) is 0. The number of nitrogens with zero attached hydrogens (tertiary/aromatic N) is 2. The van der Waals surface area contributed by atoms with Gasteiger partial charge in [0.25, 0.3) is 0 Å². The van der Waals surface area contributed by atoms with Crippen molar-refractivity contribution >= 4 is 0 Å². The Morgan fingerprint density at radius 2 is 1.95 bits per heavy atom. The first-order valence-electron chi connectivity index (χ1n) is 8.09. The fourth-order valence-corrected chi connectivity index (χ4v) is 2.26. The first-order chi connectivity index (χ1) is 9.92. The van der Waals surface area contributed by atoms with Gasteiger partial charge in [-0.05, 0) is 31.7 Å². The van der Waals surface area contributed by atoms with Crippen LogP contribution >= 0.6 is 0 Å². The lowest BCUT2D eigenvalue weighted by Gasteiger charge is -2.27. The molecule has 0 aliphatic heterocycles. The normalized spacial score (nSPS) is 15.1. The lowest BCUT2D eigenvalue weighted by atomic mass is 9.88. The Morgan fingerprint density at radius 1 is 1.24 bits per heavy atom. The van der Waals surface area contributed by atoms with E-state index in [0.29, 0.717) is 24.4 Å². The average Bonchev–Trinajstić information content (AvgIpc) is 2.87. The molecule has 0 aliphatic rings. The van der Waals surface area contributed by atoms with Gasteiger partial charge in [-0.3, -0.25) is 0 Å². The molecular formula is C16H31N3O2. The monoisotopic (exact) mass is 297 g/mol. The largest absolute Gasteiger partial charge is 0.370 e. The van der Waals surface area contributed by atoms with E-state index in [4.69, 9.17) is 9.26 Å². The molecule has 0 saturated heterocycles. The highest BCUT2D eigenvalue weighted by atomic mass is 16.5. The smallest absolute Gasteiger partial charge is 0.228 e. The number of aromatic nitrogens is 2. The number of nitrogens with one attached hydrogen (secondary N) is 1. The number of hydrogen-bond donors (Lipinski definition) is 1. The highest BCUT2D eigenvalue weighted by Gasteiger charge is 2.31. The van der Waals surface area contributed by atoms with Crippen LogP contribution in [0, 0.1) is 5.41 Å². The minimum absolute atomic E-state index is 0.0538. The zero-order chi connectivity index (χ0) is 15.9. The first-order valence-corrected chi connectivity index (χ1v) is 8.09. The van der Waals surface area contributed by atoms with E-state index in [1.165, 1.54) is 0 Å². The number of hydrogen-bond acceptors (Lipinski definition) is 5. The Bertz CT molecular complexity index is 398. The van der Waals surface area contributed by atoms with E-state index < -0.39 is 0 Å². The van der Waals surface area contributed by atoms with Gasteiger partial charge >= 0.3 is 0 Å². The molecule has 0 fully saturated rings. The highest BCUT2D eigenvalue weighted by molar-refractivity contribution is 4.97. The van der Waals surface area contributed by atoms with Crippen LogP contribution in [0.5, 0.6) is 0 Å². The molecule has 2 unspecified atom stereocenters. The molecule has 1 aromatic rings. The van der Waals surface area contributed by atoms with Crippen LogP contribution in [-0.4, -0.2) is 29.3 Å². The summed E-state index contributed by atoms with van der Waals surface area (Å²) >= 11 is 0. The van der Waals surface area contributed by atoms with E-state index in [2.05, 4.69) is 50.1 Å². The van der Waals surface area contributed by atoms with E-state index in [9.17, 15) is 0 Å². The molecule has 0 aromatic carbocycles. The second-order valence-electron chi connectivity index (χ2n) is 6.51. The first kappa shape index (κ1) is 18.1. The van der Waals surface area contributed by atoms with E-state index in [0.717, 1.165) is 25.8 Å². The molecule has 0 radical (unpaired) electrons. The van der Waals surface area contributed by atoms with Crippen LogP contribution in [0.3, 0.4) is 0 Å². The summed E-state index contributed by atoms with van der Waals surface area (Å²) in [4.78, 5) is 4.55. The topological polar surface area (TPSA) is 60.2 Å². The van der Waals surface area contributed by atoms with Crippen LogP contribution in [0.2, 0.25) is 0 Å². The van der Waals surface area contributed by atoms with Crippen molar-refractivity contribution in [3.05, 3.63) is 11.7 Å². The summed E-state index contributed by atoms with van der Waals surface area (Å²) in [6.45, 7) is 14.4. The van der Waals surface area contributed by atoms with Gasteiger partial charge in [0.1, 0.15) is 6.10 Å². The van der Waals surface area contributed by atoms with Gasteiger partial charge < -0.3 is 14.6 Å². The molecule has 5 heteroatoms. The zero-order valence-electron chi connectivity index (χ0n) is 14.4. The van der Waals surface area contributed by atoms with Gasteiger partial charge in [-0.2, -0.15) is 4.98 Å². The Morgan fingerprint density at radius 3 is 2.48 bits per heavy atom. The van der Waals surface area contributed by atoms with Crippen LogP contribution in [-0.2, 0) is 11.2 Å². The van der Waals surface area contributed by atoms with Crippen LogP contribution in [0.1, 0.15) is 72.2 Å². The molecule has 2 atom stereocenters. The summed E-state index contributed by atoms with van der Waals surface area (Å²) in [5, 5.41) is 7.63. The maximum atomic E-state index is 5.80. The molecule has 0 aliphatic carbocycles. The summed E-state index contributed by atoms with van der Waals surface area (Å²) < 4.78 is 11.2. The molecule has 5 nitrogen and oxygen atoms in total. The van der Waals surface area contributed by atoms with Crippen molar-refractivity contribution in [2.24, 2.45) is 5.41 Å². The Balaban J connectivity index is 2.74. The predicted octanol–water partition coefficient (Wildman–Crippen LogP) is 3.51. The lowest BCUT2D eigenvalue weighted by Crippen LogP contribution is -2.31. The fraction of sp³-hybridized carbons (Fsp3) is 0.875.